The maximum absolute atomic E-state index is 12.4. The Balaban J connectivity index is 1.59. The van der Waals surface area contributed by atoms with Crippen LogP contribution in [0.25, 0.3) is 0 Å². The molecular formula is C22H23N5O5. The van der Waals surface area contributed by atoms with Gasteiger partial charge in [0, 0.05) is 16.9 Å². The van der Waals surface area contributed by atoms with Crippen molar-refractivity contribution in [2.24, 2.45) is 0 Å². The van der Waals surface area contributed by atoms with Gasteiger partial charge >= 0.3 is 5.69 Å². The molecule has 3 rings (SSSR count). The van der Waals surface area contributed by atoms with Gasteiger partial charge in [-0.15, -0.1) is 0 Å². The van der Waals surface area contributed by atoms with Gasteiger partial charge in [0.15, 0.2) is 0 Å². The molecule has 166 valence electrons. The van der Waals surface area contributed by atoms with E-state index < -0.39 is 10.8 Å². The van der Waals surface area contributed by atoms with Crippen molar-refractivity contribution in [1.29, 1.82) is 0 Å². The number of benzene rings is 2. The second-order valence-corrected chi connectivity index (χ2v) is 6.97. The van der Waals surface area contributed by atoms with E-state index in [0.717, 1.165) is 5.75 Å². The van der Waals surface area contributed by atoms with Gasteiger partial charge in [-0.05, 0) is 69.3 Å². The first-order valence-electron chi connectivity index (χ1n) is 9.91. The Morgan fingerprint density at radius 1 is 1.03 bits per heavy atom. The molecule has 2 amide bonds. The Labute approximate surface area is 184 Å². The predicted octanol–water partition coefficient (Wildman–Crippen LogP) is 3.70. The molecule has 0 atom stereocenters. The van der Waals surface area contributed by atoms with Crippen molar-refractivity contribution in [2.75, 3.05) is 17.2 Å². The van der Waals surface area contributed by atoms with E-state index in [4.69, 9.17) is 4.74 Å². The van der Waals surface area contributed by atoms with Gasteiger partial charge in [-0.1, -0.05) is 0 Å². The Kier molecular flexibility index (Phi) is 6.83. The topological polar surface area (TPSA) is 128 Å². The van der Waals surface area contributed by atoms with Crippen LogP contribution in [-0.4, -0.2) is 33.1 Å². The lowest BCUT2D eigenvalue weighted by molar-refractivity contribution is -0.386. The minimum Gasteiger partial charge on any atom is -0.494 e. The normalized spacial score (nSPS) is 10.5. The molecule has 0 aliphatic rings. The van der Waals surface area contributed by atoms with E-state index in [9.17, 15) is 19.7 Å². The Morgan fingerprint density at radius 3 is 2.19 bits per heavy atom. The average Bonchev–Trinajstić information content (AvgIpc) is 3.03. The molecule has 1 aromatic heterocycles. The van der Waals surface area contributed by atoms with Crippen molar-refractivity contribution >= 4 is 28.9 Å². The maximum Gasteiger partial charge on any atom is 0.312 e. The van der Waals surface area contributed by atoms with Gasteiger partial charge in [0.05, 0.1) is 11.5 Å². The van der Waals surface area contributed by atoms with Crippen LogP contribution in [0, 0.1) is 24.0 Å². The number of nitrogens with one attached hydrogen (secondary N) is 2. The van der Waals surface area contributed by atoms with E-state index in [2.05, 4.69) is 15.7 Å². The highest BCUT2D eigenvalue weighted by molar-refractivity contribution is 6.04. The summed E-state index contributed by atoms with van der Waals surface area (Å²) >= 11 is 0. The highest BCUT2D eigenvalue weighted by atomic mass is 16.6. The molecule has 2 N–H and O–H groups in total. The van der Waals surface area contributed by atoms with Gasteiger partial charge in [0.1, 0.15) is 23.7 Å². The second kappa shape index (κ2) is 9.73. The number of ether oxygens (including phenoxy) is 1. The summed E-state index contributed by atoms with van der Waals surface area (Å²) < 4.78 is 6.67. The smallest absolute Gasteiger partial charge is 0.312 e. The van der Waals surface area contributed by atoms with Crippen LogP contribution < -0.4 is 15.4 Å². The number of hydrogen-bond donors (Lipinski definition) is 2. The van der Waals surface area contributed by atoms with Crippen molar-refractivity contribution < 1.29 is 19.2 Å². The van der Waals surface area contributed by atoms with Crippen molar-refractivity contribution in [3.05, 3.63) is 75.6 Å². The van der Waals surface area contributed by atoms with Gasteiger partial charge in [0.25, 0.3) is 5.91 Å². The van der Waals surface area contributed by atoms with Crippen molar-refractivity contribution in [2.45, 2.75) is 27.3 Å². The number of aromatic nitrogens is 2. The summed E-state index contributed by atoms with van der Waals surface area (Å²) in [5.41, 5.74) is 2.01. The van der Waals surface area contributed by atoms with Crippen LogP contribution in [0.5, 0.6) is 5.75 Å². The molecule has 0 bridgehead atoms. The van der Waals surface area contributed by atoms with Crippen LogP contribution >= 0.6 is 0 Å². The first-order valence-corrected chi connectivity index (χ1v) is 9.91. The first kappa shape index (κ1) is 22.5. The van der Waals surface area contributed by atoms with E-state index in [-0.39, 0.29) is 23.8 Å². The maximum atomic E-state index is 12.4. The molecule has 10 heteroatoms. The minimum atomic E-state index is -0.511. The molecule has 2 aromatic carbocycles. The predicted molar refractivity (Wildman–Crippen MR) is 119 cm³/mol. The zero-order valence-corrected chi connectivity index (χ0v) is 17.9. The molecule has 1 heterocycles. The van der Waals surface area contributed by atoms with E-state index >= 15 is 0 Å². The van der Waals surface area contributed by atoms with E-state index in [1.54, 1.807) is 55.5 Å². The Bertz CT molecular complexity index is 1140. The zero-order valence-electron chi connectivity index (χ0n) is 17.9. The fraction of sp³-hybridized carbons (Fsp3) is 0.227. The molecule has 0 saturated heterocycles. The third kappa shape index (κ3) is 5.28. The number of rotatable bonds is 8. The summed E-state index contributed by atoms with van der Waals surface area (Å²) in [6.45, 7) is 5.36. The van der Waals surface area contributed by atoms with Crippen molar-refractivity contribution in [3.63, 3.8) is 0 Å². The van der Waals surface area contributed by atoms with Gasteiger partial charge in [-0.3, -0.25) is 24.4 Å². The van der Waals surface area contributed by atoms with Gasteiger partial charge in [0.2, 0.25) is 5.91 Å². The molecule has 0 spiro atoms. The summed E-state index contributed by atoms with van der Waals surface area (Å²) in [5, 5.41) is 20.6. The summed E-state index contributed by atoms with van der Waals surface area (Å²) in [4.78, 5) is 35.3. The number of hydrogen-bond acceptors (Lipinski definition) is 6. The highest BCUT2D eigenvalue weighted by Crippen LogP contribution is 2.22. The van der Waals surface area contributed by atoms with Crippen LogP contribution in [0.15, 0.2) is 48.5 Å². The van der Waals surface area contributed by atoms with Gasteiger partial charge < -0.3 is 15.4 Å². The van der Waals surface area contributed by atoms with Crippen molar-refractivity contribution in [1.82, 2.24) is 9.78 Å². The Morgan fingerprint density at radius 2 is 1.62 bits per heavy atom. The lowest BCUT2D eigenvalue weighted by Gasteiger charge is -2.09. The minimum absolute atomic E-state index is 0.0966. The van der Waals surface area contributed by atoms with Crippen molar-refractivity contribution in [3.8, 4) is 5.75 Å². The molecular weight excluding hydrogens is 414 g/mol. The highest BCUT2D eigenvalue weighted by Gasteiger charge is 2.22. The fourth-order valence-corrected chi connectivity index (χ4v) is 3.15. The number of anilines is 2. The summed E-state index contributed by atoms with van der Waals surface area (Å²) in [6.07, 6.45) is 0. The first-order chi connectivity index (χ1) is 15.3. The lowest BCUT2D eigenvalue weighted by atomic mass is 10.2. The number of carbonyl (C=O) groups is 2. The monoisotopic (exact) mass is 437 g/mol. The molecule has 0 fully saturated rings. The molecule has 0 unspecified atom stereocenters. The van der Waals surface area contributed by atoms with E-state index in [1.165, 1.54) is 11.6 Å². The molecule has 0 radical (unpaired) electrons. The molecule has 10 nitrogen and oxygen atoms in total. The summed E-state index contributed by atoms with van der Waals surface area (Å²) in [7, 11) is 0. The van der Waals surface area contributed by atoms with Crippen LogP contribution in [0.3, 0.4) is 0 Å². The molecule has 3 aromatic rings. The third-order valence-corrected chi connectivity index (χ3v) is 4.67. The van der Waals surface area contributed by atoms with Crippen LogP contribution in [0.4, 0.5) is 17.1 Å². The number of nitro groups is 1. The average molecular weight is 437 g/mol. The second-order valence-electron chi connectivity index (χ2n) is 6.97. The van der Waals surface area contributed by atoms with Gasteiger partial charge in [-0.25, -0.2) is 0 Å². The lowest BCUT2D eigenvalue weighted by Crippen LogP contribution is -2.20. The quantitative estimate of drug-likeness (QED) is 0.408. The molecule has 32 heavy (non-hydrogen) atoms. The fourth-order valence-electron chi connectivity index (χ4n) is 3.15. The third-order valence-electron chi connectivity index (χ3n) is 4.67. The van der Waals surface area contributed by atoms with E-state index in [0.29, 0.717) is 29.2 Å². The summed E-state index contributed by atoms with van der Waals surface area (Å²) in [6, 6.07) is 13.4. The molecule has 0 aliphatic heterocycles. The standard InChI is InChI=1S/C22H23N5O5/c1-4-32-19-11-9-18(10-12-19)24-22(29)16-5-7-17(8-6-16)23-20(28)13-26-15(3)21(27(30)31)14(2)25-26/h5-12H,4,13H2,1-3H3,(H,23,28)(H,24,29). The molecule has 0 saturated carbocycles. The number of nitrogens with zero attached hydrogens (tertiary/aromatic N) is 3. The van der Waals surface area contributed by atoms with Crippen LogP contribution in [-0.2, 0) is 11.3 Å². The number of aryl methyl sites for hydroxylation is 1. The van der Waals surface area contributed by atoms with Crippen LogP contribution in [0.1, 0.15) is 28.7 Å². The van der Waals surface area contributed by atoms with Gasteiger partial charge in [-0.2, -0.15) is 5.10 Å². The van der Waals surface area contributed by atoms with Crippen LogP contribution in [0.2, 0.25) is 0 Å². The number of carbonyl (C=O) groups excluding carboxylic acids is 2. The number of amides is 2. The SMILES string of the molecule is CCOc1ccc(NC(=O)c2ccc(NC(=O)Cn3nc(C)c([N+](=O)[O-])c3C)cc2)cc1. The largest absolute Gasteiger partial charge is 0.494 e. The Hall–Kier alpha value is -4.21. The zero-order chi connectivity index (χ0) is 23.3. The molecule has 0 aliphatic carbocycles. The van der Waals surface area contributed by atoms with E-state index in [1.807, 2.05) is 6.92 Å². The summed E-state index contributed by atoms with van der Waals surface area (Å²) in [5.74, 6) is 0.0414.